The van der Waals surface area contributed by atoms with Gasteiger partial charge in [-0.15, -0.1) is 4.91 Å². The average molecular weight is 254 g/mol. The molecule has 19 heavy (non-hydrogen) atoms. The first-order valence-electron chi connectivity index (χ1n) is 6.02. The molecular weight excluding hydrogens is 240 g/mol. The SMILES string of the molecule is O=NC=C1C=CN(CCC(=O)c2ccccc2)C=C1. The fourth-order valence-corrected chi connectivity index (χ4v) is 1.76. The Kier molecular flexibility index (Phi) is 4.39. The number of rotatable bonds is 5. The molecule has 0 saturated carbocycles. The van der Waals surface area contributed by atoms with Gasteiger partial charge in [-0.05, 0) is 22.9 Å². The molecule has 1 aromatic carbocycles. The zero-order chi connectivity index (χ0) is 13.5. The van der Waals surface area contributed by atoms with Crippen molar-refractivity contribution in [2.75, 3.05) is 6.54 Å². The van der Waals surface area contributed by atoms with Crippen LogP contribution in [-0.2, 0) is 0 Å². The molecule has 96 valence electrons. The van der Waals surface area contributed by atoms with Gasteiger partial charge in [-0.25, -0.2) is 0 Å². The third kappa shape index (κ3) is 3.74. The molecular formula is C15H14N2O2. The minimum Gasteiger partial charge on any atom is -0.354 e. The van der Waals surface area contributed by atoms with Crippen molar-refractivity contribution in [1.82, 2.24) is 4.90 Å². The van der Waals surface area contributed by atoms with Crippen molar-refractivity contribution < 1.29 is 4.79 Å². The molecule has 0 aliphatic carbocycles. The van der Waals surface area contributed by atoms with Gasteiger partial charge in [-0.1, -0.05) is 30.3 Å². The monoisotopic (exact) mass is 254 g/mol. The molecule has 0 saturated heterocycles. The summed E-state index contributed by atoms with van der Waals surface area (Å²) in [6, 6.07) is 9.25. The van der Waals surface area contributed by atoms with E-state index in [0.717, 1.165) is 11.1 Å². The Hall–Kier alpha value is -2.49. The van der Waals surface area contributed by atoms with Crippen molar-refractivity contribution in [2.45, 2.75) is 6.42 Å². The lowest BCUT2D eigenvalue weighted by molar-refractivity contribution is 0.0976. The lowest BCUT2D eigenvalue weighted by atomic mass is 10.1. The molecule has 0 unspecified atom stereocenters. The van der Waals surface area contributed by atoms with Crippen molar-refractivity contribution >= 4 is 5.78 Å². The Morgan fingerprint density at radius 1 is 1.16 bits per heavy atom. The van der Waals surface area contributed by atoms with E-state index in [9.17, 15) is 9.70 Å². The summed E-state index contributed by atoms with van der Waals surface area (Å²) in [6.07, 6.45) is 8.93. The molecule has 0 N–H and O–H groups in total. The molecule has 1 heterocycles. The van der Waals surface area contributed by atoms with E-state index in [1.165, 1.54) is 6.20 Å². The maximum absolute atomic E-state index is 11.9. The number of nitrogens with zero attached hydrogens (tertiary/aromatic N) is 2. The summed E-state index contributed by atoms with van der Waals surface area (Å²) in [7, 11) is 0. The Bertz CT molecular complexity index is 529. The Labute approximate surface area is 111 Å². The van der Waals surface area contributed by atoms with E-state index in [1.807, 2.05) is 47.6 Å². The summed E-state index contributed by atoms with van der Waals surface area (Å²) in [6.45, 7) is 0.614. The second-order valence-electron chi connectivity index (χ2n) is 4.14. The molecule has 0 fully saturated rings. The maximum Gasteiger partial charge on any atom is 0.164 e. The highest BCUT2D eigenvalue weighted by Crippen LogP contribution is 2.11. The van der Waals surface area contributed by atoms with Crippen LogP contribution in [0.3, 0.4) is 0 Å². The van der Waals surface area contributed by atoms with Crippen molar-refractivity contribution in [2.24, 2.45) is 5.18 Å². The van der Waals surface area contributed by atoms with Crippen molar-refractivity contribution in [3.8, 4) is 0 Å². The molecule has 0 bridgehead atoms. The predicted octanol–water partition coefficient (Wildman–Crippen LogP) is 3.25. The summed E-state index contributed by atoms with van der Waals surface area (Å²) in [5.74, 6) is 0.123. The average Bonchev–Trinajstić information content (AvgIpc) is 2.47. The van der Waals surface area contributed by atoms with Gasteiger partial charge in [0.05, 0.1) is 6.20 Å². The number of hydrogen-bond acceptors (Lipinski definition) is 4. The fourth-order valence-electron chi connectivity index (χ4n) is 1.76. The Morgan fingerprint density at radius 3 is 2.47 bits per heavy atom. The van der Waals surface area contributed by atoms with Gasteiger partial charge in [0.15, 0.2) is 5.78 Å². The minimum absolute atomic E-state index is 0.123. The van der Waals surface area contributed by atoms with E-state index in [-0.39, 0.29) is 5.78 Å². The number of allylic oxidation sites excluding steroid dienone is 3. The van der Waals surface area contributed by atoms with E-state index in [4.69, 9.17) is 0 Å². The zero-order valence-electron chi connectivity index (χ0n) is 10.4. The lowest BCUT2D eigenvalue weighted by Gasteiger charge is -2.17. The van der Waals surface area contributed by atoms with Gasteiger partial charge >= 0.3 is 0 Å². The normalized spacial score (nSPS) is 13.5. The van der Waals surface area contributed by atoms with Gasteiger partial charge < -0.3 is 4.90 Å². The standard InChI is InChI=1S/C15H14N2O2/c18-15(14-4-2-1-3-5-14)8-11-17-9-6-13(7-10-17)12-16-19/h1-7,9-10,12H,8,11H2. The molecule has 0 spiro atoms. The van der Waals surface area contributed by atoms with Gasteiger partial charge in [0, 0.05) is 30.9 Å². The third-order valence-corrected chi connectivity index (χ3v) is 2.81. The highest BCUT2D eigenvalue weighted by atomic mass is 16.2. The minimum atomic E-state index is 0.123. The first kappa shape index (κ1) is 13.0. The fraction of sp³-hybridized carbons (Fsp3) is 0.133. The number of Topliss-reactive ketones (excluding diaryl/α,β-unsaturated/α-hetero) is 1. The quantitative estimate of drug-likeness (QED) is 0.598. The van der Waals surface area contributed by atoms with E-state index in [1.54, 1.807) is 12.2 Å². The second-order valence-corrected chi connectivity index (χ2v) is 4.14. The van der Waals surface area contributed by atoms with E-state index in [2.05, 4.69) is 5.18 Å². The van der Waals surface area contributed by atoms with Crippen molar-refractivity contribution in [3.63, 3.8) is 0 Å². The van der Waals surface area contributed by atoms with Crippen LogP contribution in [0.1, 0.15) is 16.8 Å². The van der Waals surface area contributed by atoms with E-state index < -0.39 is 0 Å². The van der Waals surface area contributed by atoms with Gasteiger partial charge in [0.1, 0.15) is 0 Å². The highest BCUT2D eigenvalue weighted by molar-refractivity contribution is 5.96. The largest absolute Gasteiger partial charge is 0.354 e. The van der Waals surface area contributed by atoms with Crippen LogP contribution in [0.4, 0.5) is 0 Å². The molecule has 4 nitrogen and oxygen atoms in total. The third-order valence-electron chi connectivity index (χ3n) is 2.81. The number of hydrogen-bond donors (Lipinski definition) is 0. The molecule has 0 aromatic heterocycles. The number of carbonyl (C=O) groups is 1. The van der Waals surface area contributed by atoms with Crippen LogP contribution in [0.5, 0.6) is 0 Å². The number of carbonyl (C=O) groups excluding carboxylic acids is 1. The first-order valence-corrected chi connectivity index (χ1v) is 6.02. The molecule has 0 amide bonds. The molecule has 1 aliphatic heterocycles. The van der Waals surface area contributed by atoms with E-state index in [0.29, 0.717) is 13.0 Å². The van der Waals surface area contributed by atoms with Gasteiger partial charge in [-0.3, -0.25) is 4.79 Å². The summed E-state index contributed by atoms with van der Waals surface area (Å²) >= 11 is 0. The predicted molar refractivity (Wildman–Crippen MR) is 74.3 cm³/mol. The van der Waals surface area contributed by atoms with Crippen LogP contribution in [0.2, 0.25) is 0 Å². The highest BCUT2D eigenvalue weighted by Gasteiger charge is 2.07. The molecule has 0 radical (unpaired) electrons. The summed E-state index contributed by atoms with van der Waals surface area (Å²) in [5, 5.41) is 2.71. The van der Waals surface area contributed by atoms with Gasteiger partial charge in [0.2, 0.25) is 0 Å². The first-order chi connectivity index (χ1) is 9.29. The van der Waals surface area contributed by atoms with Crippen LogP contribution in [-0.4, -0.2) is 17.2 Å². The summed E-state index contributed by atoms with van der Waals surface area (Å²) < 4.78 is 0. The van der Waals surface area contributed by atoms with Crippen LogP contribution in [0.25, 0.3) is 0 Å². The molecule has 4 heteroatoms. The van der Waals surface area contributed by atoms with Crippen molar-refractivity contribution in [1.29, 1.82) is 0 Å². The number of benzene rings is 1. The van der Waals surface area contributed by atoms with E-state index >= 15 is 0 Å². The zero-order valence-corrected chi connectivity index (χ0v) is 10.4. The topological polar surface area (TPSA) is 49.7 Å². The lowest BCUT2D eigenvalue weighted by Crippen LogP contribution is -2.16. The Balaban J connectivity index is 1.86. The van der Waals surface area contributed by atoms with Crippen molar-refractivity contribution in [3.05, 3.63) is 77.1 Å². The van der Waals surface area contributed by atoms with Gasteiger partial charge in [-0.2, -0.15) is 0 Å². The number of nitroso groups, excluding NO2 is 1. The molecule has 2 rings (SSSR count). The van der Waals surface area contributed by atoms with Crippen LogP contribution >= 0.6 is 0 Å². The van der Waals surface area contributed by atoms with Crippen LogP contribution < -0.4 is 0 Å². The molecule has 1 aromatic rings. The summed E-state index contributed by atoms with van der Waals surface area (Å²) in [5.41, 5.74) is 1.49. The summed E-state index contributed by atoms with van der Waals surface area (Å²) in [4.78, 5) is 23.9. The second kappa shape index (κ2) is 6.44. The number of ketones is 1. The molecule has 1 aliphatic rings. The molecule has 0 atom stereocenters. The smallest absolute Gasteiger partial charge is 0.164 e. The van der Waals surface area contributed by atoms with Crippen LogP contribution in [0, 0.1) is 4.91 Å². The Morgan fingerprint density at radius 2 is 1.84 bits per heavy atom. The van der Waals surface area contributed by atoms with Gasteiger partial charge in [0.25, 0.3) is 0 Å². The maximum atomic E-state index is 11.9. The van der Waals surface area contributed by atoms with Crippen LogP contribution in [0.15, 0.2) is 71.8 Å².